The van der Waals surface area contributed by atoms with E-state index in [-0.39, 0.29) is 11.1 Å². The van der Waals surface area contributed by atoms with E-state index in [4.69, 9.17) is 21.4 Å². The van der Waals surface area contributed by atoms with Gasteiger partial charge in [0.15, 0.2) is 0 Å². The van der Waals surface area contributed by atoms with E-state index in [0.717, 1.165) is 6.42 Å². The molecule has 0 aliphatic rings. The molecule has 21 heavy (non-hydrogen) atoms. The maximum absolute atomic E-state index is 12.1. The number of carboxylic acid groups (broad SMARTS) is 1. The number of amides is 1. The van der Waals surface area contributed by atoms with Crippen LogP contribution in [0.15, 0.2) is 29.3 Å². The zero-order chi connectivity index (χ0) is 16.0. The van der Waals surface area contributed by atoms with Crippen LogP contribution in [0.4, 0.5) is 5.69 Å². The van der Waals surface area contributed by atoms with Crippen molar-refractivity contribution in [3.63, 3.8) is 0 Å². The summed E-state index contributed by atoms with van der Waals surface area (Å²) >= 11 is 5.91. The Hall–Kier alpha value is -2.01. The van der Waals surface area contributed by atoms with Gasteiger partial charge in [0, 0.05) is 16.2 Å². The van der Waals surface area contributed by atoms with Gasteiger partial charge in [-0.25, -0.2) is 4.79 Å². The molecule has 0 heterocycles. The summed E-state index contributed by atoms with van der Waals surface area (Å²) < 4.78 is 5.52. The van der Waals surface area contributed by atoms with Gasteiger partial charge in [0.1, 0.15) is 5.75 Å². The normalized spacial score (nSPS) is 11.6. The van der Waals surface area contributed by atoms with Crippen LogP contribution in [-0.2, 0) is 9.59 Å². The van der Waals surface area contributed by atoms with Crippen molar-refractivity contribution in [2.45, 2.75) is 27.2 Å². The summed E-state index contributed by atoms with van der Waals surface area (Å²) in [6.07, 6.45) is 0.826. The summed E-state index contributed by atoms with van der Waals surface area (Å²) in [5.74, 6) is -1.13. The lowest BCUT2D eigenvalue weighted by Crippen LogP contribution is -2.17. The van der Waals surface area contributed by atoms with Crippen LogP contribution >= 0.6 is 11.6 Å². The smallest absolute Gasteiger partial charge is 0.331 e. The van der Waals surface area contributed by atoms with E-state index < -0.39 is 11.9 Å². The van der Waals surface area contributed by atoms with Gasteiger partial charge in [-0.05, 0) is 38.5 Å². The van der Waals surface area contributed by atoms with Gasteiger partial charge >= 0.3 is 5.97 Å². The molecule has 0 aliphatic heterocycles. The number of carbonyl (C=O) groups excluding carboxylic acids is 1. The zero-order valence-corrected chi connectivity index (χ0v) is 13.0. The molecule has 0 unspecified atom stereocenters. The number of rotatable bonds is 6. The van der Waals surface area contributed by atoms with Gasteiger partial charge in [0.05, 0.1) is 12.3 Å². The molecule has 0 spiro atoms. The first-order chi connectivity index (χ1) is 9.86. The third kappa shape index (κ3) is 4.79. The molecule has 0 bridgehead atoms. The third-order valence-corrected chi connectivity index (χ3v) is 3.11. The molecule has 0 fully saturated rings. The quantitative estimate of drug-likeness (QED) is 0.789. The summed E-state index contributed by atoms with van der Waals surface area (Å²) in [6.45, 7) is 5.31. The SMILES string of the molecule is CCCOc1ccc(Cl)cc1NC(=O)C(C)=C(C)C(=O)O. The molecule has 1 aromatic carbocycles. The van der Waals surface area contributed by atoms with Crippen molar-refractivity contribution in [1.82, 2.24) is 0 Å². The number of hydrogen-bond donors (Lipinski definition) is 2. The van der Waals surface area contributed by atoms with Gasteiger partial charge in [-0.1, -0.05) is 18.5 Å². The highest BCUT2D eigenvalue weighted by Gasteiger charge is 2.15. The Morgan fingerprint density at radius 3 is 2.52 bits per heavy atom. The molecule has 1 rings (SSSR count). The van der Waals surface area contributed by atoms with Crippen molar-refractivity contribution in [1.29, 1.82) is 0 Å². The number of halogens is 1. The maximum atomic E-state index is 12.1. The summed E-state index contributed by atoms with van der Waals surface area (Å²) in [7, 11) is 0. The summed E-state index contributed by atoms with van der Waals surface area (Å²) in [5, 5.41) is 12.0. The predicted molar refractivity (Wildman–Crippen MR) is 81.9 cm³/mol. The van der Waals surface area contributed by atoms with Gasteiger partial charge in [-0.15, -0.1) is 0 Å². The number of carboxylic acids is 1. The van der Waals surface area contributed by atoms with Crippen molar-refractivity contribution < 1.29 is 19.4 Å². The standard InChI is InChI=1S/C15H18ClNO4/c1-4-7-21-13-6-5-11(16)8-12(13)17-14(18)9(2)10(3)15(19)20/h5-6,8H,4,7H2,1-3H3,(H,17,18)(H,19,20). The first kappa shape index (κ1) is 17.0. The number of anilines is 1. The number of benzene rings is 1. The van der Waals surface area contributed by atoms with E-state index in [1.54, 1.807) is 18.2 Å². The second-order valence-electron chi connectivity index (χ2n) is 4.50. The highest BCUT2D eigenvalue weighted by molar-refractivity contribution is 6.31. The second kappa shape index (κ2) is 7.69. The Balaban J connectivity index is 3.01. The van der Waals surface area contributed by atoms with Crippen LogP contribution in [0.25, 0.3) is 0 Å². The number of nitrogens with one attached hydrogen (secondary N) is 1. The fraction of sp³-hybridized carbons (Fsp3) is 0.333. The molecular weight excluding hydrogens is 294 g/mol. The monoisotopic (exact) mass is 311 g/mol. The van der Waals surface area contributed by atoms with E-state index in [1.807, 2.05) is 6.92 Å². The Bertz CT molecular complexity index is 581. The Morgan fingerprint density at radius 1 is 1.29 bits per heavy atom. The molecule has 0 saturated carbocycles. The highest BCUT2D eigenvalue weighted by atomic mass is 35.5. The van der Waals surface area contributed by atoms with Gasteiger partial charge < -0.3 is 15.2 Å². The number of hydrogen-bond acceptors (Lipinski definition) is 3. The minimum atomic E-state index is -1.13. The summed E-state index contributed by atoms with van der Waals surface area (Å²) in [5.41, 5.74) is 0.535. The average molecular weight is 312 g/mol. The predicted octanol–water partition coefficient (Wildman–Crippen LogP) is 3.49. The molecule has 0 aromatic heterocycles. The summed E-state index contributed by atoms with van der Waals surface area (Å²) in [6, 6.07) is 4.89. The Labute approximate surface area is 128 Å². The lowest BCUT2D eigenvalue weighted by Gasteiger charge is -2.13. The fourth-order valence-corrected chi connectivity index (χ4v) is 1.66. The molecule has 2 N–H and O–H groups in total. The van der Waals surface area contributed by atoms with Crippen molar-refractivity contribution >= 4 is 29.2 Å². The van der Waals surface area contributed by atoms with Crippen molar-refractivity contribution in [3.05, 3.63) is 34.4 Å². The van der Waals surface area contributed by atoms with Crippen molar-refractivity contribution in [3.8, 4) is 5.75 Å². The zero-order valence-electron chi connectivity index (χ0n) is 12.2. The van der Waals surface area contributed by atoms with E-state index in [0.29, 0.717) is 23.1 Å². The van der Waals surface area contributed by atoms with Gasteiger partial charge in [0.25, 0.3) is 5.91 Å². The lowest BCUT2D eigenvalue weighted by molar-refractivity contribution is -0.133. The number of aliphatic carboxylic acids is 1. The maximum Gasteiger partial charge on any atom is 0.331 e. The largest absolute Gasteiger partial charge is 0.491 e. The topological polar surface area (TPSA) is 75.6 Å². The Kier molecular flexibility index (Phi) is 6.24. The molecule has 5 nitrogen and oxygen atoms in total. The van der Waals surface area contributed by atoms with Crippen LogP contribution in [0.5, 0.6) is 5.75 Å². The van der Waals surface area contributed by atoms with E-state index in [9.17, 15) is 9.59 Å². The number of ether oxygens (including phenoxy) is 1. The first-order valence-corrected chi connectivity index (χ1v) is 6.89. The summed E-state index contributed by atoms with van der Waals surface area (Å²) in [4.78, 5) is 22.9. The third-order valence-electron chi connectivity index (χ3n) is 2.88. The molecular formula is C15H18ClNO4. The first-order valence-electron chi connectivity index (χ1n) is 6.51. The molecule has 0 atom stereocenters. The van der Waals surface area contributed by atoms with Crippen LogP contribution < -0.4 is 10.1 Å². The number of carbonyl (C=O) groups is 2. The second-order valence-corrected chi connectivity index (χ2v) is 4.93. The van der Waals surface area contributed by atoms with Crippen molar-refractivity contribution in [2.24, 2.45) is 0 Å². The van der Waals surface area contributed by atoms with Crippen LogP contribution in [0.3, 0.4) is 0 Å². The van der Waals surface area contributed by atoms with Crippen LogP contribution in [0.2, 0.25) is 5.02 Å². The fourth-order valence-electron chi connectivity index (χ4n) is 1.48. The van der Waals surface area contributed by atoms with Crippen LogP contribution in [0, 0.1) is 0 Å². The minimum absolute atomic E-state index is 0.00875. The molecule has 0 radical (unpaired) electrons. The van der Waals surface area contributed by atoms with Crippen molar-refractivity contribution in [2.75, 3.05) is 11.9 Å². The Morgan fingerprint density at radius 2 is 1.95 bits per heavy atom. The average Bonchev–Trinajstić information content (AvgIpc) is 2.44. The van der Waals surface area contributed by atoms with E-state index in [2.05, 4.69) is 5.32 Å². The minimum Gasteiger partial charge on any atom is -0.491 e. The highest BCUT2D eigenvalue weighted by Crippen LogP contribution is 2.28. The lowest BCUT2D eigenvalue weighted by atomic mass is 10.1. The van der Waals surface area contributed by atoms with Gasteiger partial charge in [-0.2, -0.15) is 0 Å². The van der Waals surface area contributed by atoms with Gasteiger partial charge in [0.2, 0.25) is 0 Å². The van der Waals surface area contributed by atoms with Gasteiger partial charge in [-0.3, -0.25) is 4.79 Å². The molecule has 1 amide bonds. The molecule has 114 valence electrons. The van der Waals surface area contributed by atoms with Crippen LogP contribution in [-0.4, -0.2) is 23.6 Å². The molecule has 0 saturated heterocycles. The van der Waals surface area contributed by atoms with E-state index >= 15 is 0 Å². The van der Waals surface area contributed by atoms with E-state index in [1.165, 1.54) is 13.8 Å². The van der Waals surface area contributed by atoms with Crippen LogP contribution in [0.1, 0.15) is 27.2 Å². The molecule has 6 heteroatoms. The molecule has 0 aliphatic carbocycles. The molecule has 1 aromatic rings.